The van der Waals surface area contributed by atoms with Crippen LogP contribution in [0.15, 0.2) is 18.2 Å². The third kappa shape index (κ3) is 3.76. The van der Waals surface area contributed by atoms with Gasteiger partial charge >= 0.3 is 0 Å². The molecule has 0 bridgehead atoms. The van der Waals surface area contributed by atoms with Gasteiger partial charge in [-0.2, -0.15) is 0 Å². The van der Waals surface area contributed by atoms with Gasteiger partial charge in [-0.15, -0.1) is 0 Å². The zero-order chi connectivity index (χ0) is 16.2. The lowest BCUT2D eigenvalue weighted by Gasteiger charge is -2.32. The summed E-state index contributed by atoms with van der Waals surface area (Å²) in [5.41, 5.74) is 1.16. The Morgan fingerprint density at radius 2 is 1.96 bits per heavy atom. The van der Waals surface area contributed by atoms with Crippen molar-refractivity contribution in [1.29, 1.82) is 0 Å². The van der Waals surface area contributed by atoms with Crippen LogP contribution in [0.2, 0.25) is 0 Å². The number of hydrogen-bond donors (Lipinski definition) is 2. The quantitative estimate of drug-likeness (QED) is 0.810. The van der Waals surface area contributed by atoms with Gasteiger partial charge in [0, 0.05) is 11.5 Å². The second-order valence-corrected chi connectivity index (χ2v) is 6.34. The first-order valence-electron chi connectivity index (χ1n) is 8.24. The molecule has 0 aromatic heterocycles. The van der Waals surface area contributed by atoms with Crippen molar-refractivity contribution >= 4 is 5.91 Å². The van der Waals surface area contributed by atoms with Gasteiger partial charge in [0.25, 0.3) is 0 Å². The van der Waals surface area contributed by atoms with E-state index in [1.165, 1.54) is 4.90 Å². The SMILES string of the molecule is CC(C)C(=O)NC[C@H](c1ccc2c(c1)OCO2)[NH+]1CCOCC1. The van der Waals surface area contributed by atoms with Gasteiger partial charge in [-0.3, -0.25) is 4.79 Å². The van der Waals surface area contributed by atoms with E-state index in [1.54, 1.807) is 0 Å². The molecule has 1 aromatic rings. The summed E-state index contributed by atoms with van der Waals surface area (Å²) >= 11 is 0. The Bertz CT molecular complexity index is 556. The summed E-state index contributed by atoms with van der Waals surface area (Å²) in [4.78, 5) is 13.4. The topological polar surface area (TPSA) is 61.2 Å². The van der Waals surface area contributed by atoms with E-state index in [2.05, 4.69) is 11.4 Å². The maximum absolute atomic E-state index is 12.0. The molecule has 126 valence electrons. The summed E-state index contributed by atoms with van der Waals surface area (Å²) in [6, 6.07) is 6.25. The van der Waals surface area contributed by atoms with Crippen LogP contribution in [-0.4, -0.2) is 45.5 Å². The molecule has 6 heteroatoms. The maximum atomic E-state index is 12.0. The molecular weight excluding hydrogens is 296 g/mol. The lowest BCUT2D eigenvalue weighted by molar-refractivity contribution is -0.937. The first kappa shape index (κ1) is 16.1. The van der Waals surface area contributed by atoms with Crippen molar-refractivity contribution in [2.75, 3.05) is 39.6 Å². The van der Waals surface area contributed by atoms with Crippen LogP contribution in [0.5, 0.6) is 11.5 Å². The largest absolute Gasteiger partial charge is 0.454 e. The fourth-order valence-electron chi connectivity index (χ4n) is 3.02. The molecule has 1 amide bonds. The van der Waals surface area contributed by atoms with Gasteiger partial charge in [-0.25, -0.2) is 0 Å². The molecule has 0 spiro atoms. The number of benzene rings is 1. The van der Waals surface area contributed by atoms with E-state index >= 15 is 0 Å². The number of fused-ring (bicyclic) bond motifs is 1. The Labute approximate surface area is 136 Å². The zero-order valence-corrected chi connectivity index (χ0v) is 13.8. The first-order valence-corrected chi connectivity index (χ1v) is 8.24. The molecule has 0 unspecified atom stereocenters. The summed E-state index contributed by atoms with van der Waals surface area (Å²) in [6.45, 7) is 8.11. The molecule has 1 aromatic carbocycles. The number of ether oxygens (including phenoxy) is 3. The normalized spacial score (nSPS) is 18.9. The van der Waals surface area contributed by atoms with E-state index in [0.717, 1.165) is 43.4 Å². The van der Waals surface area contributed by atoms with E-state index < -0.39 is 0 Å². The van der Waals surface area contributed by atoms with Crippen LogP contribution in [0, 0.1) is 5.92 Å². The fraction of sp³-hybridized carbons (Fsp3) is 0.588. The summed E-state index contributed by atoms with van der Waals surface area (Å²) in [6.07, 6.45) is 0. The van der Waals surface area contributed by atoms with Crippen molar-refractivity contribution in [3.63, 3.8) is 0 Å². The molecule has 1 saturated heterocycles. The van der Waals surface area contributed by atoms with Crippen LogP contribution >= 0.6 is 0 Å². The Hall–Kier alpha value is -1.79. The molecule has 23 heavy (non-hydrogen) atoms. The summed E-state index contributed by atoms with van der Waals surface area (Å²) in [5.74, 6) is 1.65. The molecule has 0 saturated carbocycles. The van der Waals surface area contributed by atoms with Crippen LogP contribution in [0.3, 0.4) is 0 Å². The van der Waals surface area contributed by atoms with Crippen LogP contribution in [0.4, 0.5) is 0 Å². The Morgan fingerprint density at radius 1 is 1.22 bits per heavy atom. The van der Waals surface area contributed by atoms with Crippen LogP contribution in [0.25, 0.3) is 0 Å². The highest BCUT2D eigenvalue weighted by atomic mass is 16.7. The van der Waals surface area contributed by atoms with Gasteiger partial charge in [-0.1, -0.05) is 13.8 Å². The molecule has 1 atom stereocenters. The van der Waals surface area contributed by atoms with Gasteiger partial charge in [-0.05, 0) is 18.2 Å². The maximum Gasteiger partial charge on any atom is 0.231 e. The number of hydrogen-bond acceptors (Lipinski definition) is 4. The molecule has 0 radical (unpaired) electrons. The molecule has 2 aliphatic heterocycles. The van der Waals surface area contributed by atoms with E-state index in [0.29, 0.717) is 6.54 Å². The van der Waals surface area contributed by atoms with Crippen molar-refractivity contribution in [2.24, 2.45) is 5.92 Å². The third-order valence-corrected chi connectivity index (χ3v) is 4.43. The standard InChI is InChI=1S/C17H24N2O4/c1-12(2)17(20)18-10-14(19-5-7-21-8-6-19)13-3-4-15-16(9-13)23-11-22-15/h3-4,9,12,14H,5-8,10-11H2,1-2H3,(H,18,20)/p+1/t14-/m1/s1. The average molecular weight is 321 g/mol. The van der Waals surface area contributed by atoms with Gasteiger partial charge in [0.15, 0.2) is 11.5 Å². The Kier molecular flexibility index (Phi) is 5.03. The van der Waals surface area contributed by atoms with Crippen LogP contribution in [-0.2, 0) is 9.53 Å². The van der Waals surface area contributed by atoms with Crippen molar-refractivity contribution in [3.8, 4) is 11.5 Å². The molecule has 0 aliphatic carbocycles. The Balaban J connectivity index is 1.77. The highest BCUT2D eigenvalue weighted by molar-refractivity contribution is 5.77. The molecular formula is C17H25N2O4+. The van der Waals surface area contributed by atoms with Gasteiger partial charge in [0.05, 0.1) is 19.8 Å². The number of carbonyl (C=O) groups is 1. The Morgan fingerprint density at radius 3 is 2.70 bits per heavy atom. The molecule has 1 fully saturated rings. The minimum atomic E-state index is -0.00732. The zero-order valence-electron chi connectivity index (χ0n) is 13.8. The third-order valence-electron chi connectivity index (χ3n) is 4.43. The van der Waals surface area contributed by atoms with E-state index in [-0.39, 0.29) is 24.7 Å². The number of amides is 1. The summed E-state index contributed by atoms with van der Waals surface area (Å²) in [5, 5.41) is 3.07. The van der Waals surface area contributed by atoms with Crippen LogP contribution in [0.1, 0.15) is 25.5 Å². The van der Waals surface area contributed by atoms with Crippen molar-refractivity contribution in [1.82, 2.24) is 5.32 Å². The highest BCUT2D eigenvalue weighted by Gasteiger charge is 2.28. The molecule has 2 heterocycles. The summed E-state index contributed by atoms with van der Waals surface area (Å²) < 4.78 is 16.4. The minimum Gasteiger partial charge on any atom is -0.454 e. The van der Waals surface area contributed by atoms with Gasteiger partial charge < -0.3 is 24.4 Å². The van der Waals surface area contributed by atoms with E-state index in [1.807, 2.05) is 26.0 Å². The predicted octanol–water partition coefficient (Wildman–Crippen LogP) is 0.144. The van der Waals surface area contributed by atoms with E-state index in [4.69, 9.17) is 14.2 Å². The van der Waals surface area contributed by atoms with Crippen molar-refractivity contribution < 1.29 is 23.9 Å². The van der Waals surface area contributed by atoms with Gasteiger partial charge in [0.1, 0.15) is 19.1 Å². The monoisotopic (exact) mass is 321 g/mol. The van der Waals surface area contributed by atoms with Crippen molar-refractivity contribution in [2.45, 2.75) is 19.9 Å². The molecule has 2 N–H and O–H groups in total. The predicted molar refractivity (Wildman–Crippen MR) is 84.7 cm³/mol. The minimum absolute atomic E-state index is 0.00732. The van der Waals surface area contributed by atoms with Crippen molar-refractivity contribution in [3.05, 3.63) is 23.8 Å². The van der Waals surface area contributed by atoms with Gasteiger partial charge in [0.2, 0.25) is 12.7 Å². The molecule has 2 aliphatic rings. The van der Waals surface area contributed by atoms with Crippen LogP contribution < -0.4 is 19.7 Å². The number of rotatable bonds is 5. The first-order chi connectivity index (χ1) is 11.1. The second-order valence-electron chi connectivity index (χ2n) is 6.34. The molecule has 6 nitrogen and oxygen atoms in total. The summed E-state index contributed by atoms with van der Waals surface area (Å²) in [7, 11) is 0. The number of carbonyl (C=O) groups excluding carboxylic acids is 1. The lowest BCUT2D eigenvalue weighted by atomic mass is 10.0. The number of nitrogens with one attached hydrogen (secondary N) is 2. The smallest absolute Gasteiger partial charge is 0.231 e. The molecule has 3 rings (SSSR count). The number of morpholine rings is 1. The lowest BCUT2D eigenvalue weighted by Crippen LogP contribution is -3.15. The average Bonchev–Trinajstić information content (AvgIpc) is 3.03. The highest BCUT2D eigenvalue weighted by Crippen LogP contribution is 2.33. The second kappa shape index (κ2) is 7.19. The fourth-order valence-corrected chi connectivity index (χ4v) is 3.02. The number of quaternary nitrogens is 1. The van der Waals surface area contributed by atoms with E-state index in [9.17, 15) is 4.79 Å².